The molecule has 2 fully saturated rings. The van der Waals surface area contributed by atoms with Crippen LogP contribution in [0.25, 0.3) is 0 Å². The Bertz CT molecular complexity index is 407. The number of hydrogen-bond acceptors (Lipinski definition) is 3. The molecule has 1 saturated heterocycles. The van der Waals surface area contributed by atoms with Crippen molar-refractivity contribution in [1.29, 1.82) is 0 Å². The van der Waals surface area contributed by atoms with Crippen LogP contribution in [-0.2, 0) is 9.59 Å². The number of likely N-dealkylation sites (N-methyl/N-ethyl adjacent to an activating group) is 1. The minimum Gasteiger partial charge on any atom is -0.343 e. The standard InChI is InChI=1S/C18H33N3O2/c1-13-9-7-8-12-21(13)18(23)16(15-10-5-4-6-11-15)20-17(22)14(2)19-3/h13-16,19H,4-12H2,1-3H3,(H,20,22)/t13?,14-,16?/m0/s1. The Labute approximate surface area is 140 Å². The third-order valence-corrected chi connectivity index (χ3v) is 5.60. The zero-order valence-corrected chi connectivity index (χ0v) is 14.9. The molecule has 0 bridgehead atoms. The molecule has 3 atom stereocenters. The summed E-state index contributed by atoms with van der Waals surface area (Å²) >= 11 is 0. The van der Waals surface area contributed by atoms with Gasteiger partial charge in [0.2, 0.25) is 11.8 Å². The van der Waals surface area contributed by atoms with Crippen molar-refractivity contribution in [1.82, 2.24) is 15.5 Å². The molecule has 23 heavy (non-hydrogen) atoms. The zero-order chi connectivity index (χ0) is 16.8. The molecule has 1 aliphatic carbocycles. The van der Waals surface area contributed by atoms with E-state index in [4.69, 9.17) is 0 Å². The van der Waals surface area contributed by atoms with Gasteiger partial charge in [-0.25, -0.2) is 0 Å². The Morgan fingerprint density at radius 3 is 2.30 bits per heavy atom. The van der Waals surface area contributed by atoms with E-state index in [2.05, 4.69) is 17.6 Å². The predicted molar refractivity (Wildman–Crippen MR) is 92.1 cm³/mol. The van der Waals surface area contributed by atoms with Crippen molar-refractivity contribution in [2.75, 3.05) is 13.6 Å². The average Bonchev–Trinajstić information content (AvgIpc) is 2.59. The molecule has 0 aromatic carbocycles. The Hall–Kier alpha value is -1.10. The van der Waals surface area contributed by atoms with Crippen LogP contribution >= 0.6 is 0 Å². The van der Waals surface area contributed by atoms with E-state index >= 15 is 0 Å². The van der Waals surface area contributed by atoms with Crippen molar-refractivity contribution < 1.29 is 9.59 Å². The highest BCUT2D eigenvalue weighted by Crippen LogP contribution is 2.29. The molecule has 2 unspecified atom stereocenters. The van der Waals surface area contributed by atoms with Crippen LogP contribution in [0, 0.1) is 5.92 Å². The van der Waals surface area contributed by atoms with Gasteiger partial charge in [0.15, 0.2) is 0 Å². The Balaban J connectivity index is 2.10. The number of rotatable bonds is 5. The Morgan fingerprint density at radius 1 is 1.04 bits per heavy atom. The monoisotopic (exact) mass is 323 g/mol. The van der Waals surface area contributed by atoms with Crippen molar-refractivity contribution in [2.45, 2.75) is 83.3 Å². The molecule has 0 radical (unpaired) electrons. The number of nitrogens with one attached hydrogen (secondary N) is 2. The van der Waals surface area contributed by atoms with Crippen LogP contribution in [0.15, 0.2) is 0 Å². The van der Waals surface area contributed by atoms with Crippen LogP contribution in [0.2, 0.25) is 0 Å². The lowest BCUT2D eigenvalue weighted by Crippen LogP contribution is -2.57. The number of likely N-dealkylation sites (tertiary alicyclic amines) is 1. The fourth-order valence-electron chi connectivity index (χ4n) is 3.86. The minimum absolute atomic E-state index is 0.0684. The number of carbonyl (C=O) groups is 2. The van der Waals surface area contributed by atoms with Crippen molar-refractivity contribution in [2.24, 2.45) is 5.92 Å². The highest BCUT2D eigenvalue weighted by atomic mass is 16.2. The average molecular weight is 323 g/mol. The molecule has 5 nitrogen and oxygen atoms in total. The summed E-state index contributed by atoms with van der Waals surface area (Å²) in [4.78, 5) is 27.5. The molecule has 1 heterocycles. The fraction of sp³-hybridized carbons (Fsp3) is 0.889. The lowest BCUT2D eigenvalue weighted by molar-refractivity contribution is -0.141. The first-order valence-corrected chi connectivity index (χ1v) is 9.32. The lowest BCUT2D eigenvalue weighted by Gasteiger charge is -2.39. The SMILES string of the molecule is CN[C@@H](C)C(=O)NC(C(=O)N1CCCCC1C)C1CCCCC1. The fourth-order valence-corrected chi connectivity index (χ4v) is 3.86. The predicted octanol–water partition coefficient (Wildman–Crippen LogP) is 2.06. The molecular weight excluding hydrogens is 290 g/mol. The molecule has 0 aromatic rings. The van der Waals surface area contributed by atoms with Crippen molar-refractivity contribution in [3.05, 3.63) is 0 Å². The van der Waals surface area contributed by atoms with Crippen LogP contribution < -0.4 is 10.6 Å². The van der Waals surface area contributed by atoms with E-state index in [0.29, 0.717) is 12.0 Å². The second-order valence-corrected chi connectivity index (χ2v) is 7.27. The molecule has 2 amide bonds. The zero-order valence-electron chi connectivity index (χ0n) is 14.9. The summed E-state index contributed by atoms with van der Waals surface area (Å²) in [6.45, 7) is 4.80. The third-order valence-electron chi connectivity index (χ3n) is 5.60. The molecule has 2 aliphatic rings. The summed E-state index contributed by atoms with van der Waals surface area (Å²) < 4.78 is 0. The van der Waals surface area contributed by atoms with Gasteiger partial charge in [-0.05, 0) is 58.9 Å². The Kier molecular flexibility index (Phi) is 6.88. The summed E-state index contributed by atoms with van der Waals surface area (Å²) in [6, 6.07) is -0.326. The first-order chi connectivity index (χ1) is 11.0. The van der Waals surface area contributed by atoms with E-state index in [9.17, 15) is 9.59 Å². The molecule has 1 saturated carbocycles. The van der Waals surface area contributed by atoms with E-state index in [1.165, 1.54) is 25.7 Å². The van der Waals surface area contributed by atoms with Gasteiger partial charge in [0, 0.05) is 12.6 Å². The van der Waals surface area contributed by atoms with Gasteiger partial charge in [0.05, 0.1) is 6.04 Å². The number of carbonyl (C=O) groups excluding carboxylic acids is 2. The summed E-state index contributed by atoms with van der Waals surface area (Å²) in [5.74, 6) is 0.361. The van der Waals surface area contributed by atoms with E-state index in [1.54, 1.807) is 7.05 Å². The van der Waals surface area contributed by atoms with Crippen LogP contribution in [0.5, 0.6) is 0 Å². The maximum absolute atomic E-state index is 13.1. The first kappa shape index (κ1) is 18.2. The van der Waals surface area contributed by atoms with Gasteiger partial charge >= 0.3 is 0 Å². The normalized spacial score (nSPS) is 25.7. The van der Waals surface area contributed by atoms with E-state index in [-0.39, 0.29) is 23.9 Å². The van der Waals surface area contributed by atoms with Crippen molar-refractivity contribution in [3.8, 4) is 0 Å². The maximum Gasteiger partial charge on any atom is 0.245 e. The van der Waals surface area contributed by atoms with Crippen LogP contribution in [0.3, 0.4) is 0 Å². The summed E-state index contributed by atoms with van der Waals surface area (Å²) in [7, 11) is 1.77. The van der Waals surface area contributed by atoms with Crippen LogP contribution in [0.1, 0.15) is 65.2 Å². The summed E-state index contributed by atoms with van der Waals surface area (Å²) in [6.07, 6.45) is 9.03. The summed E-state index contributed by atoms with van der Waals surface area (Å²) in [5, 5.41) is 6.03. The van der Waals surface area contributed by atoms with Gasteiger partial charge in [-0.3, -0.25) is 9.59 Å². The van der Waals surface area contributed by atoms with Gasteiger partial charge in [-0.15, -0.1) is 0 Å². The van der Waals surface area contributed by atoms with Gasteiger partial charge in [-0.2, -0.15) is 0 Å². The number of hydrogen-bond donors (Lipinski definition) is 2. The van der Waals surface area contributed by atoms with Crippen LogP contribution in [0.4, 0.5) is 0 Å². The largest absolute Gasteiger partial charge is 0.343 e. The topological polar surface area (TPSA) is 61.4 Å². The van der Waals surface area contributed by atoms with E-state index in [0.717, 1.165) is 32.2 Å². The quantitative estimate of drug-likeness (QED) is 0.814. The number of nitrogens with zero attached hydrogens (tertiary/aromatic N) is 1. The molecule has 0 spiro atoms. The molecule has 5 heteroatoms. The second kappa shape index (κ2) is 8.67. The van der Waals surface area contributed by atoms with E-state index < -0.39 is 0 Å². The summed E-state index contributed by atoms with van der Waals surface area (Å²) in [5.41, 5.74) is 0. The number of amides is 2. The van der Waals surface area contributed by atoms with Gasteiger partial charge in [0.1, 0.15) is 6.04 Å². The molecule has 0 aromatic heterocycles. The highest BCUT2D eigenvalue weighted by Gasteiger charge is 2.36. The molecule has 1 aliphatic heterocycles. The first-order valence-electron chi connectivity index (χ1n) is 9.32. The van der Waals surface area contributed by atoms with Gasteiger partial charge in [0.25, 0.3) is 0 Å². The lowest BCUT2D eigenvalue weighted by atomic mass is 9.82. The van der Waals surface area contributed by atoms with Crippen LogP contribution in [-0.4, -0.2) is 48.4 Å². The molecule has 132 valence electrons. The van der Waals surface area contributed by atoms with Gasteiger partial charge < -0.3 is 15.5 Å². The smallest absolute Gasteiger partial charge is 0.245 e. The molecule has 2 rings (SSSR count). The second-order valence-electron chi connectivity index (χ2n) is 7.27. The van der Waals surface area contributed by atoms with Crippen molar-refractivity contribution in [3.63, 3.8) is 0 Å². The maximum atomic E-state index is 13.1. The number of piperidine rings is 1. The highest BCUT2D eigenvalue weighted by molar-refractivity contribution is 5.90. The minimum atomic E-state index is -0.348. The van der Waals surface area contributed by atoms with Gasteiger partial charge in [-0.1, -0.05) is 19.3 Å². The Morgan fingerprint density at radius 2 is 1.70 bits per heavy atom. The molecular formula is C18H33N3O2. The van der Waals surface area contributed by atoms with E-state index in [1.807, 2.05) is 11.8 Å². The van der Waals surface area contributed by atoms with Crippen molar-refractivity contribution >= 4 is 11.8 Å². The third kappa shape index (κ3) is 4.69. The molecule has 2 N–H and O–H groups in total.